The molecule has 0 saturated heterocycles. The molecule has 2 unspecified atom stereocenters. The molecule has 1 amide bonds. The summed E-state index contributed by atoms with van der Waals surface area (Å²) in [7, 11) is 0. The number of alkyl halides is 1. The van der Waals surface area contributed by atoms with E-state index in [1.54, 1.807) is 13.8 Å². The predicted molar refractivity (Wildman–Crippen MR) is 69.9 cm³/mol. The molecule has 0 fully saturated rings. The zero-order chi connectivity index (χ0) is 14.6. The first kappa shape index (κ1) is 15.4. The topological polar surface area (TPSA) is 72.2 Å². The third-order valence-corrected chi connectivity index (χ3v) is 2.63. The molecule has 104 valence electrons. The van der Waals surface area contributed by atoms with Crippen molar-refractivity contribution in [2.75, 3.05) is 0 Å². The van der Waals surface area contributed by atoms with Crippen LogP contribution in [0.1, 0.15) is 30.6 Å². The first-order valence-electron chi connectivity index (χ1n) is 5.70. The second-order valence-corrected chi connectivity index (χ2v) is 5.05. The third-order valence-electron chi connectivity index (χ3n) is 2.46. The number of carbonyl (C=O) groups excluding carboxylic acids is 1. The Kier molecular flexibility index (Phi) is 5.23. The van der Waals surface area contributed by atoms with Gasteiger partial charge in [-0.15, -0.1) is 11.6 Å². The summed E-state index contributed by atoms with van der Waals surface area (Å²) in [5.41, 5.74) is -0.718. The second kappa shape index (κ2) is 6.47. The minimum Gasteiger partial charge on any atom is -0.349 e. The summed E-state index contributed by atoms with van der Waals surface area (Å²) >= 11 is 5.79. The molecule has 0 aliphatic carbocycles. The molecule has 0 spiro atoms. The molecular weight excluding hydrogens is 275 g/mol. The molecule has 0 radical (unpaired) electrons. The van der Waals surface area contributed by atoms with Crippen LogP contribution in [0.2, 0.25) is 0 Å². The van der Waals surface area contributed by atoms with Gasteiger partial charge < -0.3 is 5.32 Å². The summed E-state index contributed by atoms with van der Waals surface area (Å²) in [6, 6.07) is 2.51. The number of hydrogen-bond acceptors (Lipinski definition) is 3. The van der Waals surface area contributed by atoms with Gasteiger partial charge in [-0.1, -0.05) is 0 Å². The highest BCUT2D eigenvalue weighted by molar-refractivity contribution is 6.20. The minimum atomic E-state index is -0.719. The van der Waals surface area contributed by atoms with Gasteiger partial charge in [0.1, 0.15) is 11.4 Å². The molecule has 0 aliphatic heterocycles. The maximum Gasteiger partial charge on any atom is 0.282 e. The van der Waals surface area contributed by atoms with Crippen molar-refractivity contribution in [1.82, 2.24) is 5.32 Å². The molecule has 5 nitrogen and oxygen atoms in total. The van der Waals surface area contributed by atoms with E-state index in [0.717, 1.165) is 18.2 Å². The zero-order valence-corrected chi connectivity index (χ0v) is 11.3. The number of amides is 1. The molecular formula is C12H14ClFN2O3. The fraction of sp³-hybridized carbons (Fsp3) is 0.417. The van der Waals surface area contributed by atoms with Gasteiger partial charge >= 0.3 is 0 Å². The first-order chi connectivity index (χ1) is 8.81. The van der Waals surface area contributed by atoms with Crippen LogP contribution in [0.4, 0.5) is 10.1 Å². The van der Waals surface area contributed by atoms with Gasteiger partial charge in [-0.05, 0) is 32.4 Å². The average molecular weight is 289 g/mol. The number of hydrogen-bond donors (Lipinski definition) is 1. The third kappa shape index (κ3) is 4.48. The largest absolute Gasteiger partial charge is 0.349 e. The molecule has 1 aromatic carbocycles. The number of nitrogens with zero attached hydrogens (tertiary/aromatic N) is 1. The zero-order valence-electron chi connectivity index (χ0n) is 10.5. The van der Waals surface area contributed by atoms with Crippen LogP contribution >= 0.6 is 11.6 Å². The normalized spacial score (nSPS) is 13.7. The molecule has 0 bridgehead atoms. The fourth-order valence-corrected chi connectivity index (χ4v) is 1.96. The Morgan fingerprint density at radius 1 is 1.53 bits per heavy atom. The van der Waals surface area contributed by atoms with E-state index >= 15 is 0 Å². The molecule has 1 rings (SSSR count). The Bertz CT molecular complexity index is 494. The molecule has 2 atom stereocenters. The van der Waals surface area contributed by atoms with Gasteiger partial charge in [0, 0.05) is 17.5 Å². The summed E-state index contributed by atoms with van der Waals surface area (Å²) in [5, 5.41) is 13.2. The number of nitrogens with one attached hydrogen (secondary N) is 1. The number of halogens is 2. The van der Waals surface area contributed by atoms with Crippen molar-refractivity contribution in [2.45, 2.75) is 31.7 Å². The highest BCUT2D eigenvalue weighted by atomic mass is 35.5. The van der Waals surface area contributed by atoms with Crippen LogP contribution in [-0.4, -0.2) is 22.2 Å². The standard InChI is InChI=1S/C12H14ClFN2O3/c1-7(13)5-8(2)15-12(17)10-6-9(14)3-4-11(10)16(18)19/h3-4,6-8H,5H2,1-2H3,(H,15,17). The molecule has 0 heterocycles. The van der Waals surface area contributed by atoms with Gasteiger partial charge in [-0.2, -0.15) is 0 Å². The molecule has 1 aromatic rings. The van der Waals surface area contributed by atoms with Gasteiger partial charge in [-0.25, -0.2) is 4.39 Å². The first-order valence-corrected chi connectivity index (χ1v) is 6.13. The Morgan fingerprint density at radius 3 is 2.68 bits per heavy atom. The second-order valence-electron chi connectivity index (χ2n) is 4.31. The Morgan fingerprint density at radius 2 is 2.16 bits per heavy atom. The maximum absolute atomic E-state index is 13.1. The molecule has 19 heavy (non-hydrogen) atoms. The highest BCUT2D eigenvalue weighted by Crippen LogP contribution is 2.19. The molecule has 0 aromatic heterocycles. The van der Waals surface area contributed by atoms with Crippen molar-refractivity contribution in [3.8, 4) is 0 Å². The Balaban J connectivity index is 2.92. The van der Waals surface area contributed by atoms with Gasteiger partial charge in [-0.3, -0.25) is 14.9 Å². The quantitative estimate of drug-likeness (QED) is 0.514. The van der Waals surface area contributed by atoms with Gasteiger partial charge in [0.25, 0.3) is 11.6 Å². The van der Waals surface area contributed by atoms with E-state index in [9.17, 15) is 19.3 Å². The van der Waals surface area contributed by atoms with Crippen LogP contribution in [0.5, 0.6) is 0 Å². The van der Waals surface area contributed by atoms with Gasteiger partial charge in [0.05, 0.1) is 4.92 Å². The number of nitro groups is 1. The van der Waals surface area contributed by atoms with Crippen molar-refractivity contribution in [1.29, 1.82) is 0 Å². The monoisotopic (exact) mass is 288 g/mol. The van der Waals surface area contributed by atoms with Crippen molar-refractivity contribution < 1.29 is 14.1 Å². The van der Waals surface area contributed by atoms with E-state index in [0.29, 0.717) is 6.42 Å². The van der Waals surface area contributed by atoms with Crippen LogP contribution in [-0.2, 0) is 0 Å². The van der Waals surface area contributed by atoms with E-state index in [2.05, 4.69) is 5.32 Å². The SMILES string of the molecule is CC(Cl)CC(C)NC(=O)c1cc(F)ccc1[N+](=O)[O-]. The van der Waals surface area contributed by atoms with E-state index < -0.39 is 22.3 Å². The van der Waals surface area contributed by atoms with E-state index in [-0.39, 0.29) is 17.0 Å². The predicted octanol–water partition coefficient (Wildman–Crippen LogP) is 2.87. The van der Waals surface area contributed by atoms with Crippen LogP contribution in [0.25, 0.3) is 0 Å². The smallest absolute Gasteiger partial charge is 0.282 e. The van der Waals surface area contributed by atoms with Crippen LogP contribution < -0.4 is 5.32 Å². The number of rotatable bonds is 5. The molecule has 1 N–H and O–H groups in total. The number of carbonyl (C=O) groups is 1. The number of benzene rings is 1. The summed E-state index contributed by atoms with van der Waals surface area (Å²) in [4.78, 5) is 22.0. The van der Waals surface area contributed by atoms with Crippen LogP contribution in [0.3, 0.4) is 0 Å². The Hall–Kier alpha value is -1.69. The fourth-order valence-electron chi connectivity index (χ4n) is 1.70. The minimum absolute atomic E-state index is 0.141. The lowest BCUT2D eigenvalue weighted by molar-refractivity contribution is -0.385. The number of nitro benzene ring substituents is 1. The lowest BCUT2D eigenvalue weighted by Gasteiger charge is -2.15. The molecule has 0 aliphatic rings. The van der Waals surface area contributed by atoms with Gasteiger partial charge in [0.2, 0.25) is 0 Å². The van der Waals surface area contributed by atoms with Crippen molar-refractivity contribution >= 4 is 23.2 Å². The summed E-state index contributed by atoms with van der Waals surface area (Å²) in [6.45, 7) is 3.50. The van der Waals surface area contributed by atoms with Crippen molar-refractivity contribution in [2.24, 2.45) is 0 Å². The summed E-state index contributed by atoms with van der Waals surface area (Å²) in [5.74, 6) is -1.38. The van der Waals surface area contributed by atoms with Crippen molar-refractivity contribution in [3.63, 3.8) is 0 Å². The lowest BCUT2D eigenvalue weighted by atomic mass is 10.1. The molecule has 0 saturated carbocycles. The van der Waals surface area contributed by atoms with Crippen molar-refractivity contribution in [3.05, 3.63) is 39.7 Å². The lowest BCUT2D eigenvalue weighted by Crippen LogP contribution is -2.34. The maximum atomic E-state index is 13.1. The van der Waals surface area contributed by atoms with E-state index in [1.807, 2.05) is 0 Å². The van der Waals surface area contributed by atoms with E-state index in [1.165, 1.54) is 0 Å². The summed E-state index contributed by atoms with van der Waals surface area (Å²) in [6.07, 6.45) is 0.510. The van der Waals surface area contributed by atoms with Crippen LogP contribution in [0, 0.1) is 15.9 Å². The van der Waals surface area contributed by atoms with Gasteiger partial charge in [0.15, 0.2) is 0 Å². The van der Waals surface area contributed by atoms with E-state index in [4.69, 9.17) is 11.6 Å². The summed E-state index contributed by atoms with van der Waals surface area (Å²) < 4.78 is 13.1. The highest BCUT2D eigenvalue weighted by Gasteiger charge is 2.22. The average Bonchev–Trinajstić information content (AvgIpc) is 2.26. The molecule has 7 heteroatoms. The Labute approximate surface area is 114 Å². The van der Waals surface area contributed by atoms with Crippen LogP contribution in [0.15, 0.2) is 18.2 Å².